The molecule has 0 saturated heterocycles. The van der Waals surface area contributed by atoms with Crippen LogP contribution >= 0.6 is 0 Å². The van der Waals surface area contributed by atoms with E-state index in [9.17, 15) is 9.90 Å². The normalized spacial score (nSPS) is 31.3. The smallest absolute Gasteiger partial charge is 0.254 e. The van der Waals surface area contributed by atoms with Crippen LogP contribution in [0.3, 0.4) is 0 Å². The third-order valence-electron chi connectivity index (χ3n) is 5.69. The van der Waals surface area contributed by atoms with Crippen LogP contribution in [0.1, 0.15) is 68.6 Å². The third kappa shape index (κ3) is 5.29. The standard InChI is InChI=1S/C19H31N5O3/c1-19(26)9-3-4-13(10-19)22-17-15(16(20)25)11-21-18(24-17)23-12-5-7-14(27-2)8-6-12/h11-14,26H,3-10H2,1-2H3,(H2,20,25)(H2,21,22,23,24)/t12-,13-,14-,19+/m1/s1. The van der Waals surface area contributed by atoms with Crippen molar-refractivity contribution >= 4 is 17.7 Å². The minimum atomic E-state index is -0.698. The summed E-state index contributed by atoms with van der Waals surface area (Å²) < 4.78 is 5.41. The topological polar surface area (TPSA) is 122 Å². The Bertz CT molecular complexity index is 659. The molecule has 2 atom stereocenters. The molecule has 2 saturated carbocycles. The van der Waals surface area contributed by atoms with Crippen molar-refractivity contribution in [3.05, 3.63) is 11.8 Å². The monoisotopic (exact) mass is 377 g/mol. The van der Waals surface area contributed by atoms with Gasteiger partial charge in [0.15, 0.2) is 0 Å². The summed E-state index contributed by atoms with van der Waals surface area (Å²) in [5, 5.41) is 17.0. The van der Waals surface area contributed by atoms with Crippen molar-refractivity contribution < 1.29 is 14.6 Å². The maximum absolute atomic E-state index is 11.8. The molecule has 8 heteroatoms. The van der Waals surface area contributed by atoms with Crippen LogP contribution in [0.2, 0.25) is 0 Å². The zero-order valence-electron chi connectivity index (χ0n) is 16.2. The summed E-state index contributed by atoms with van der Waals surface area (Å²) in [4.78, 5) is 20.6. The quantitative estimate of drug-likeness (QED) is 0.598. The number of aliphatic hydroxyl groups is 1. The number of primary amides is 1. The minimum Gasteiger partial charge on any atom is -0.390 e. The number of nitrogens with zero attached hydrogens (tertiary/aromatic N) is 2. The summed E-state index contributed by atoms with van der Waals surface area (Å²) >= 11 is 0. The summed E-state index contributed by atoms with van der Waals surface area (Å²) in [7, 11) is 1.75. The molecule has 27 heavy (non-hydrogen) atoms. The molecule has 150 valence electrons. The molecule has 1 aromatic heterocycles. The van der Waals surface area contributed by atoms with Crippen LogP contribution in [0, 0.1) is 0 Å². The summed E-state index contributed by atoms with van der Waals surface area (Å²) in [6.45, 7) is 1.85. The second kappa shape index (κ2) is 8.39. The molecule has 0 aliphatic heterocycles. The van der Waals surface area contributed by atoms with Gasteiger partial charge in [-0.2, -0.15) is 4.98 Å². The molecule has 2 aliphatic carbocycles. The number of ether oxygens (including phenoxy) is 1. The maximum Gasteiger partial charge on any atom is 0.254 e. The van der Waals surface area contributed by atoms with Crippen molar-refractivity contribution in [1.29, 1.82) is 0 Å². The molecule has 0 bridgehead atoms. The van der Waals surface area contributed by atoms with E-state index < -0.39 is 11.5 Å². The van der Waals surface area contributed by atoms with E-state index >= 15 is 0 Å². The average molecular weight is 377 g/mol. The van der Waals surface area contributed by atoms with Gasteiger partial charge >= 0.3 is 0 Å². The van der Waals surface area contributed by atoms with Crippen molar-refractivity contribution in [3.63, 3.8) is 0 Å². The Hall–Kier alpha value is -1.93. The fourth-order valence-corrected chi connectivity index (χ4v) is 4.15. The largest absolute Gasteiger partial charge is 0.390 e. The van der Waals surface area contributed by atoms with Crippen LogP contribution in [-0.4, -0.2) is 51.9 Å². The molecule has 0 radical (unpaired) electrons. The van der Waals surface area contributed by atoms with Crippen molar-refractivity contribution in [2.45, 2.75) is 82.1 Å². The Balaban J connectivity index is 1.70. The molecule has 3 rings (SSSR count). The van der Waals surface area contributed by atoms with Gasteiger partial charge in [0.1, 0.15) is 5.82 Å². The summed E-state index contributed by atoms with van der Waals surface area (Å²) in [5.41, 5.74) is 5.07. The molecule has 2 fully saturated rings. The molecule has 1 heterocycles. The number of aromatic nitrogens is 2. The predicted molar refractivity (Wildman–Crippen MR) is 104 cm³/mol. The summed E-state index contributed by atoms with van der Waals surface area (Å²) in [6.07, 6.45) is 9.05. The third-order valence-corrected chi connectivity index (χ3v) is 5.69. The Labute approximate surface area is 160 Å². The van der Waals surface area contributed by atoms with E-state index in [0.717, 1.165) is 44.9 Å². The highest BCUT2D eigenvalue weighted by Gasteiger charge is 2.31. The van der Waals surface area contributed by atoms with Gasteiger partial charge in [0.25, 0.3) is 5.91 Å². The molecular formula is C19H31N5O3. The first-order chi connectivity index (χ1) is 12.9. The molecule has 0 unspecified atom stereocenters. The lowest BCUT2D eigenvalue weighted by atomic mass is 9.83. The highest BCUT2D eigenvalue weighted by Crippen LogP contribution is 2.30. The van der Waals surface area contributed by atoms with Gasteiger partial charge in [0.05, 0.1) is 17.3 Å². The zero-order chi connectivity index (χ0) is 19.4. The first-order valence-electron chi connectivity index (χ1n) is 9.81. The number of carbonyl (C=O) groups is 1. The lowest BCUT2D eigenvalue weighted by Crippen LogP contribution is -2.38. The van der Waals surface area contributed by atoms with E-state index in [1.54, 1.807) is 7.11 Å². The highest BCUT2D eigenvalue weighted by atomic mass is 16.5. The fraction of sp³-hybridized carbons (Fsp3) is 0.737. The molecular weight excluding hydrogens is 346 g/mol. The van der Waals surface area contributed by atoms with Gasteiger partial charge in [-0.25, -0.2) is 4.98 Å². The van der Waals surface area contributed by atoms with Gasteiger partial charge in [-0.15, -0.1) is 0 Å². The maximum atomic E-state index is 11.8. The Morgan fingerprint density at radius 3 is 2.63 bits per heavy atom. The molecule has 2 aliphatic rings. The number of carbonyl (C=O) groups excluding carboxylic acids is 1. The lowest BCUT2D eigenvalue weighted by Gasteiger charge is -2.34. The van der Waals surface area contributed by atoms with Gasteiger partial charge in [-0.05, 0) is 58.3 Å². The number of amides is 1. The second-order valence-corrected chi connectivity index (χ2v) is 8.11. The zero-order valence-corrected chi connectivity index (χ0v) is 16.2. The highest BCUT2D eigenvalue weighted by molar-refractivity contribution is 5.97. The van der Waals surface area contributed by atoms with Crippen molar-refractivity contribution in [3.8, 4) is 0 Å². The van der Waals surface area contributed by atoms with Crippen LogP contribution in [-0.2, 0) is 4.74 Å². The van der Waals surface area contributed by atoms with Crippen molar-refractivity contribution in [2.75, 3.05) is 17.7 Å². The van der Waals surface area contributed by atoms with Gasteiger partial charge in [-0.1, -0.05) is 0 Å². The number of nitrogens with one attached hydrogen (secondary N) is 2. The Morgan fingerprint density at radius 2 is 2.00 bits per heavy atom. The van der Waals surface area contributed by atoms with E-state index in [0.29, 0.717) is 30.3 Å². The molecule has 0 spiro atoms. The number of methoxy groups -OCH3 is 1. The molecule has 1 amide bonds. The first-order valence-corrected chi connectivity index (χ1v) is 9.81. The Morgan fingerprint density at radius 1 is 1.26 bits per heavy atom. The lowest BCUT2D eigenvalue weighted by molar-refractivity contribution is 0.0182. The number of hydrogen-bond acceptors (Lipinski definition) is 7. The van der Waals surface area contributed by atoms with Gasteiger partial charge < -0.3 is 26.2 Å². The average Bonchev–Trinajstić information content (AvgIpc) is 2.61. The summed E-state index contributed by atoms with van der Waals surface area (Å²) in [5.74, 6) is 0.367. The first kappa shape index (κ1) is 19.8. The van der Waals surface area contributed by atoms with E-state index in [1.165, 1.54) is 6.20 Å². The SMILES string of the molecule is CO[C@H]1CC[C@H](Nc2ncc(C(N)=O)c(N[C@@H]3CCC[C@](C)(O)C3)n2)CC1. The van der Waals surface area contributed by atoms with E-state index in [1.807, 2.05) is 6.92 Å². The van der Waals surface area contributed by atoms with Crippen LogP contribution in [0.15, 0.2) is 6.20 Å². The number of anilines is 2. The van der Waals surface area contributed by atoms with Crippen molar-refractivity contribution in [2.24, 2.45) is 5.73 Å². The van der Waals surface area contributed by atoms with Gasteiger partial charge in [0, 0.05) is 25.4 Å². The number of nitrogens with two attached hydrogens (primary N) is 1. The molecule has 0 aromatic carbocycles. The number of rotatable bonds is 6. The molecule has 1 aromatic rings. The molecule has 8 nitrogen and oxygen atoms in total. The predicted octanol–water partition coefficient (Wildman–Crippen LogP) is 2.05. The van der Waals surface area contributed by atoms with Gasteiger partial charge in [0.2, 0.25) is 5.95 Å². The van der Waals surface area contributed by atoms with Crippen LogP contribution in [0.4, 0.5) is 11.8 Å². The summed E-state index contributed by atoms with van der Waals surface area (Å²) in [6, 6.07) is 0.339. The fourth-order valence-electron chi connectivity index (χ4n) is 4.15. The van der Waals surface area contributed by atoms with E-state index in [-0.39, 0.29) is 11.6 Å². The van der Waals surface area contributed by atoms with Crippen LogP contribution in [0.5, 0.6) is 0 Å². The van der Waals surface area contributed by atoms with Crippen LogP contribution in [0.25, 0.3) is 0 Å². The van der Waals surface area contributed by atoms with Gasteiger partial charge in [-0.3, -0.25) is 4.79 Å². The molecule has 5 N–H and O–H groups in total. The van der Waals surface area contributed by atoms with Crippen molar-refractivity contribution in [1.82, 2.24) is 9.97 Å². The van der Waals surface area contributed by atoms with E-state index in [2.05, 4.69) is 20.6 Å². The van der Waals surface area contributed by atoms with E-state index in [4.69, 9.17) is 10.5 Å². The minimum absolute atomic E-state index is 0.0479. The number of hydrogen-bond donors (Lipinski definition) is 4. The second-order valence-electron chi connectivity index (χ2n) is 8.11. The Kier molecular flexibility index (Phi) is 6.16. The van der Waals surface area contributed by atoms with Crippen LogP contribution < -0.4 is 16.4 Å².